The van der Waals surface area contributed by atoms with Gasteiger partial charge in [0.15, 0.2) is 30.3 Å². The third kappa shape index (κ3) is 12.1. The molecule has 41 heavy (non-hydrogen) atoms. The zero-order valence-corrected chi connectivity index (χ0v) is 26.1. The van der Waals surface area contributed by atoms with Gasteiger partial charge in [0.1, 0.15) is 5.75 Å². The van der Waals surface area contributed by atoms with E-state index in [1.807, 2.05) is 36.4 Å². The molecule has 0 radical (unpaired) electrons. The summed E-state index contributed by atoms with van der Waals surface area (Å²) >= 11 is 1.66. The molecule has 0 spiro atoms. The molecular weight excluding hydrogens is 532 g/mol. The standard InChI is InChI=1S/C34H48N2O4S/c1-4-5-6-7-8-9-10-11-12-13-14-17-22-39-33-23-30(38-3)20-21-32(33)40-25-34(37)35-31-19-16-15-18-29(31)24-36-27-41-26-28(36)2/h15-16,18-21,23,26-27H,4-14,17,22,24-25H2,1-3H3/p+1. The number of anilines is 1. The summed E-state index contributed by atoms with van der Waals surface area (Å²) in [4.78, 5) is 12.8. The van der Waals surface area contributed by atoms with Gasteiger partial charge in [0, 0.05) is 18.6 Å². The highest BCUT2D eigenvalue weighted by Gasteiger charge is 2.15. The van der Waals surface area contributed by atoms with Crippen LogP contribution in [0.2, 0.25) is 0 Å². The number of thiazole rings is 1. The Kier molecular flexibility index (Phi) is 15.1. The van der Waals surface area contributed by atoms with E-state index in [4.69, 9.17) is 14.2 Å². The van der Waals surface area contributed by atoms with Crippen LogP contribution in [0.1, 0.15) is 95.2 Å². The Morgan fingerprint density at radius 2 is 1.54 bits per heavy atom. The van der Waals surface area contributed by atoms with Crippen molar-refractivity contribution in [2.45, 2.75) is 97.4 Å². The number of carbonyl (C=O) groups excluding carboxylic acids is 1. The second kappa shape index (κ2) is 19.1. The van der Waals surface area contributed by atoms with Gasteiger partial charge < -0.3 is 19.5 Å². The Labute approximate surface area is 251 Å². The van der Waals surface area contributed by atoms with E-state index >= 15 is 0 Å². The second-order valence-corrected chi connectivity index (χ2v) is 11.4. The highest BCUT2D eigenvalue weighted by molar-refractivity contribution is 7.07. The highest BCUT2D eigenvalue weighted by Crippen LogP contribution is 2.32. The number of methoxy groups -OCH3 is 1. The number of rotatable bonds is 21. The topological polar surface area (TPSA) is 60.7 Å². The molecular formula is C34H49N2O4S+. The van der Waals surface area contributed by atoms with Crippen molar-refractivity contribution in [3.05, 3.63) is 64.6 Å². The first-order valence-corrected chi connectivity index (χ1v) is 16.3. The fourth-order valence-electron chi connectivity index (χ4n) is 4.78. The summed E-state index contributed by atoms with van der Waals surface area (Å²) in [5.74, 6) is 1.62. The van der Waals surface area contributed by atoms with Crippen LogP contribution in [0.4, 0.5) is 5.69 Å². The fourth-order valence-corrected chi connectivity index (χ4v) is 5.56. The van der Waals surface area contributed by atoms with Crippen LogP contribution in [0.25, 0.3) is 0 Å². The summed E-state index contributed by atoms with van der Waals surface area (Å²) in [6.07, 6.45) is 15.6. The number of unbranched alkanes of at least 4 members (excludes halogenated alkanes) is 11. The molecule has 1 N–H and O–H groups in total. The first-order chi connectivity index (χ1) is 20.1. The van der Waals surface area contributed by atoms with Gasteiger partial charge in [-0.2, -0.15) is 4.57 Å². The maximum atomic E-state index is 12.8. The normalized spacial score (nSPS) is 10.9. The summed E-state index contributed by atoms with van der Waals surface area (Å²) in [5.41, 5.74) is 5.11. The van der Waals surface area contributed by atoms with Crippen molar-refractivity contribution < 1.29 is 23.6 Å². The maximum absolute atomic E-state index is 12.8. The predicted octanol–water partition coefficient (Wildman–Crippen LogP) is 8.50. The lowest BCUT2D eigenvalue weighted by Gasteiger charge is -2.14. The minimum atomic E-state index is -0.216. The highest BCUT2D eigenvalue weighted by atomic mass is 32.1. The molecule has 6 nitrogen and oxygen atoms in total. The van der Waals surface area contributed by atoms with Crippen LogP contribution in [0.5, 0.6) is 17.2 Å². The van der Waals surface area contributed by atoms with Crippen molar-refractivity contribution in [2.24, 2.45) is 0 Å². The van der Waals surface area contributed by atoms with Crippen LogP contribution in [0, 0.1) is 6.92 Å². The monoisotopic (exact) mass is 581 g/mol. The van der Waals surface area contributed by atoms with E-state index in [-0.39, 0.29) is 12.5 Å². The lowest BCUT2D eigenvalue weighted by Crippen LogP contribution is -2.35. The third-order valence-electron chi connectivity index (χ3n) is 7.28. The zero-order chi connectivity index (χ0) is 29.1. The van der Waals surface area contributed by atoms with Crippen LogP contribution in [0.3, 0.4) is 0 Å². The molecule has 3 aromatic rings. The minimum absolute atomic E-state index is 0.111. The lowest BCUT2D eigenvalue weighted by molar-refractivity contribution is -0.689. The number of amides is 1. The van der Waals surface area contributed by atoms with Gasteiger partial charge in [0.2, 0.25) is 5.51 Å². The first-order valence-electron chi connectivity index (χ1n) is 15.3. The number of carbonyl (C=O) groups is 1. The number of para-hydroxylation sites is 1. The van der Waals surface area contributed by atoms with E-state index in [0.717, 1.165) is 24.1 Å². The largest absolute Gasteiger partial charge is 0.497 e. The molecule has 0 aliphatic carbocycles. The molecule has 7 heteroatoms. The van der Waals surface area contributed by atoms with E-state index in [2.05, 4.69) is 34.6 Å². The molecule has 0 fully saturated rings. The molecule has 0 saturated carbocycles. The summed E-state index contributed by atoms with van der Waals surface area (Å²) < 4.78 is 19.5. The van der Waals surface area contributed by atoms with Gasteiger partial charge in [-0.1, -0.05) is 107 Å². The SMILES string of the molecule is CCCCCCCCCCCCCCOc1cc(OC)ccc1OCC(=O)Nc1ccccc1C[n+]1cscc1C. The third-order valence-corrected chi connectivity index (χ3v) is 8.13. The Bertz CT molecular complexity index is 1160. The molecule has 3 rings (SSSR count). The van der Waals surface area contributed by atoms with Crippen molar-refractivity contribution >= 4 is 22.9 Å². The van der Waals surface area contributed by atoms with Crippen molar-refractivity contribution in [2.75, 3.05) is 25.6 Å². The van der Waals surface area contributed by atoms with Gasteiger partial charge in [-0.05, 0) is 24.6 Å². The number of hydrogen-bond acceptors (Lipinski definition) is 5. The molecule has 1 heterocycles. The quantitative estimate of drug-likeness (QED) is 0.101. The molecule has 1 amide bonds. The maximum Gasteiger partial charge on any atom is 0.262 e. The molecule has 0 unspecified atom stereocenters. The minimum Gasteiger partial charge on any atom is -0.497 e. The molecule has 224 valence electrons. The predicted molar refractivity (Wildman–Crippen MR) is 168 cm³/mol. The molecule has 2 aromatic carbocycles. The lowest BCUT2D eigenvalue weighted by atomic mass is 10.1. The summed E-state index contributed by atoms with van der Waals surface area (Å²) in [5, 5.41) is 5.12. The number of benzene rings is 2. The van der Waals surface area contributed by atoms with Gasteiger partial charge in [0.05, 0.1) is 24.8 Å². The van der Waals surface area contributed by atoms with Crippen molar-refractivity contribution in [3.63, 3.8) is 0 Å². The number of aryl methyl sites for hydroxylation is 1. The van der Waals surface area contributed by atoms with E-state index in [1.165, 1.54) is 69.9 Å². The number of hydrogen-bond donors (Lipinski definition) is 1. The molecule has 0 aliphatic heterocycles. The Morgan fingerprint density at radius 1 is 0.854 bits per heavy atom. The van der Waals surface area contributed by atoms with Crippen LogP contribution in [-0.4, -0.2) is 26.2 Å². The van der Waals surface area contributed by atoms with Gasteiger partial charge in [-0.15, -0.1) is 0 Å². The van der Waals surface area contributed by atoms with Crippen molar-refractivity contribution in [1.82, 2.24) is 0 Å². The Morgan fingerprint density at radius 3 is 2.20 bits per heavy atom. The van der Waals surface area contributed by atoms with E-state index in [0.29, 0.717) is 30.4 Å². The molecule has 0 aliphatic rings. The van der Waals surface area contributed by atoms with Crippen LogP contribution >= 0.6 is 11.3 Å². The van der Waals surface area contributed by atoms with Crippen LogP contribution in [0.15, 0.2) is 53.4 Å². The first kappa shape index (κ1) is 32.5. The van der Waals surface area contributed by atoms with Crippen molar-refractivity contribution in [3.8, 4) is 17.2 Å². The molecule has 0 saturated heterocycles. The van der Waals surface area contributed by atoms with Crippen LogP contribution < -0.4 is 24.1 Å². The van der Waals surface area contributed by atoms with E-state index in [1.54, 1.807) is 24.5 Å². The number of aromatic nitrogens is 1. The van der Waals surface area contributed by atoms with Crippen molar-refractivity contribution in [1.29, 1.82) is 0 Å². The molecule has 1 aromatic heterocycles. The number of nitrogens with zero attached hydrogens (tertiary/aromatic N) is 1. The Hall–Kier alpha value is -3.06. The van der Waals surface area contributed by atoms with Gasteiger partial charge in [0.25, 0.3) is 5.91 Å². The molecule has 0 atom stereocenters. The summed E-state index contributed by atoms with van der Waals surface area (Å²) in [7, 11) is 1.63. The average Bonchev–Trinajstić information content (AvgIpc) is 3.39. The van der Waals surface area contributed by atoms with Crippen LogP contribution in [-0.2, 0) is 11.3 Å². The van der Waals surface area contributed by atoms with Gasteiger partial charge in [-0.3, -0.25) is 4.79 Å². The van der Waals surface area contributed by atoms with E-state index < -0.39 is 0 Å². The number of nitrogens with one attached hydrogen (secondary N) is 1. The summed E-state index contributed by atoms with van der Waals surface area (Å²) in [6.45, 7) is 5.55. The van der Waals surface area contributed by atoms with Gasteiger partial charge in [-0.25, -0.2) is 0 Å². The molecule has 0 bridgehead atoms. The van der Waals surface area contributed by atoms with Gasteiger partial charge >= 0.3 is 0 Å². The Balaban J connectivity index is 1.39. The fraction of sp³-hybridized carbons (Fsp3) is 0.529. The average molecular weight is 582 g/mol. The second-order valence-electron chi connectivity index (χ2n) is 10.7. The van der Waals surface area contributed by atoms with E-state index in [9.17, 15) is 4.79 Å². The zero-order valence-electron chi connectivity index (χ0n) is 25.3. The number of ether oxygens (including phenoxy) is 3. The smallest absolute Gasteiger partial charge is 0.262 e. The summed E-state index contributed by atoms with van der Waals surface area (Å²) in [6, 6.07) is 13.3.